The quantitative estimate of drug-likeness (QED) is 0.840. The van der Waals surface area contributed by atoms with Crippen molar-refractivity contribution in [2.75, 3.05) is 13.3 Å². The van der Waals surface area contributed by atoms with Gasteiger partial charge in [-0.15, -0.1) is 0 Å². The van der Waals surface area contributed by atoms with E-state index in [-0.39, 0.29) is 6.79 Å². The number of fused-ring (bicyclic) bond motifs is 1. The molecule has 3 nitrogen and oxygen atoms in total. The van der Waals surface area contributed by atoms with Gasteiger partial charge < -0.3 is 15.2 Å². The number of benzene rings is 1. The number of halogens is 1. The second-order valence-electron chi connectivity index (χ2n) is 3.28. The highest BCUT2D eigenvalue weighted by Gasteiger charge is 2.19. The Hall–Kier alpha value is -1.19. The molecule has 1 aliphatic heterocycles. The van der Waals surface area contributed by atoms with Crippen LogP contribution < -0.4 is 15.2 Å². The molecule has 0 aromatic heterocycles. The maximum Gasteiger partial charge on any atom is 0.231 e. The van der Waals surface area contributed by atoms with E-state index in [1.807, 2.05) is 25.1 Å². The molecule has 80 valence electrons. The van der Waals surface area contributed by atoms with Crippen LogP contribution in [0.3, 0.4) is 0 Å². The van der Waals surface area contributed by atoms with E-state index < -0.39 is 0 Å². The molecule has 0 saturated heterocycles. The van der Waals surface area contributed by atoms with Crippen LogP contribution in [0.5, 0.6) is 11.5 Å². The van der Waals surface area contributed by atoms with Crippen molar-refractivity contribution >= 4 is 17.7 Å². The Labute approximate surface area is 93.4 Å². The van der Waals surface area contributed by atoms with Crippen LogP contribution in [-0.2, 0) is 0 Å². The topological polar surface area (TPSA) is 44.5 Å². The average Bonchev–Trinajstić information content (AvgIpc) is 2.69. The molecule has 1 aliphatic rings. The zero-order chi connectivity index (χ0) is 10.8. The smallest absolute Gasteiger partial charge is 0.231 e. The van der Waals surface area contributed by atoms with Gasteiger partial charge in [-0.3, -0.25) is 0 Å². The molecule has 2 N–H and O–H groups in total. The zero-order valence-electron chi connectivity index (χ0n) is 8.42. The SMILES string of the molecule is Cc1c(Cl)c(/C=C/CN)cc2c1OCO2. The van der Waals surface area contributed by atoms with E-state index in [1.54, 1.807) is 0 Å². The van der Waals surface area contributed by atoms with Crippen molar-refractivity contribution in [1.82, 2.24) is 0 Å². The molecular weight excluding hydrogens is 214 g/mol. The molecule has 0 fully saturated rings. The van der Waals surface area contributed by atoms with E-state index in [0.717, 1.165) is 22.6 Å². The van der Waals surface area contributed by atoms with Crippen LogP contribution in [0.1, 0.15) is 11.1 Å². The van der Waals surface area contributed by atoms with Gasteiger partial charge in [0, 0.05) is 12.1 Å². The molecule has 0 amide bonds. The first-order valence-electron chi connectivity index (χ1n) is 4.69. The molecule has 1 aromatic carbocycles. The minimum atomic E-state index is 0.260. The minimum Gasteiger partial charge on any atom is -0.454 e. The molecule has 1 aromatic rings. The number of nitrogens with two attached hydrogens (primary N) is 1. The molecule has 0 unspecified atom stereocenters. The van der Waals surface area contributed by atoms with Crippen LogP contribution in [0.4, 0.5) is 0 Å². The van der Waals surface area contributed by atoms with Gasteiger partial charge in [0.1, 0.15) is 0 Å². The Morgan fingerprint density at radius 3 is 3.07 bits per heavy atom. The summed E-state index contributed by atoms with van der Waals surface area (Å²) in [6.07, 6.45) is 3.74. The molecule has 0 saturated carbocycles. The summed E-state index contributed by atoms with van der Waals surface area (Å²) >= 11 is 6.19. The fraction of sp³-hybridized carbons (Fsp3) is 0.273. The fourth-order valence-electron chi connectivity index (χ4n) is 1.53. The predicted molar refractivity (Wildman–Crippen MR) is 60.4 cm³/mol. The fourth-order valence-corrected chi connectivity index (χ4v) is 1.73. The van der Waals surface area contributed by atoms with Gasteiger partial charge in [-0.2, -0.15) is 0 Å². The Morgan fingerprint density at radius 2 is 2.33 bits per heavy atom. The molecule has 0 radical (unpaired) electrons. The lowest BCUT2D eigenvalue weighted by molar-refractivity contribution is 0.173. The Kier molecular flexibility index (Phi) is 2.84. The lowest BCUT2D eigenvalue weighted by Gasteiger charge is -2.06. The van der Waals surface area contributed by atoms with E-state index in [0.29, 0.717) is 11.6 Å². The van der Waals surface area contributed by atoms with Crippen molar-refractivity contribution in [3.05, 3.63) is 28.3 Å². The second kappa shape index (κ2) is 4.13. The van der Waals surface area contributed by atoms with Gasteiger partial charge in [-0.1, -0.05) is 23.8 Å². The molecule has 1 heterocycles. The van der Waals surface area contributed by atoms with Crippen molar-refractivity contribution in [2.24, 2.45) is 5.73 Å². The molecule has 0 bridgehead atoms. The van der Waals surface area contributed by atoms with Crippen LogP contribution in [0.15, 0.2) is 12.1 Å². The van der Waals surface area contributed by atoms with Crippen molar-refractivity contribution in [1.29, 1.82) is 0 Å². The van der Waals surface area contributed by atoms with Gasteiger partial charge in [0.05, 0.1) is 5.02 Å². The normalized spacial score (nSPS) is 13.8. The Morgan fingerprint density at radius 1 is 1.53 bits per heavy atom. The van der Waals surface area contributed by atoms with E-state index in [2.05, 4.69) is 0 Å². The summed E-state index contributed by atoms with van der Waals surface area (Å²) in [5.74, 6) is 1.48. The van der Waals surface area contributed by atoms with Crippen LogP contribution in [0.25, 0.3) is 6.08 Å². The summed E-state index contributed by atoms with van der Waals surface area (Å²) in [5.41, 5.74) is 7.20. The predicted octanol–water partition coefficient (Wildman–Crippen LogP) is 2.35. The maximum atomic E-state index is 6.19. The molecule has 0 spiro atoms. The summed E-state index contributed by atoms with van der Waals surface area (Å²) in [4.78, 5) is 0. The van der Waals surface area contributed by atoms with Gasteiger partial charge in [-0.05, 0) is 18.6 Å². The van der Waals surface area contributed by atoms with Crippen LogP contribution >= 0.6 is 11.6 Å². The summed E-state index contributed by atoms with van der Waals surface area (Å²) < 4.78 is 10.6. The summed E-state index contributed by atoms with van der Waals surface area (Å²) in [6.45, 7) is 2.66. The largest absolute Gasteiger partial charge is 0.454 e. The van der Waals surface area contributed by atoms with Gasteiger partial charge >= 0.3 is 0 Å². The molecule has 15 heavy (non-hydrogen) atoms. The van der Waals surface area contributed by atoms with Crippen molar-refractivity contribution in [2.45, 2.75) is 6.92 Å². The lowest BCUT2D eigenvalue weighted by Crippen LogP contribution is -1.93. The molecule has 2 rings (SSSR count). The number of hydrogen-bond donors (Lipinski definition) is 1. The third kappa shape index (κ3) is 1.80. The van der Waals surface area contributed by atoms with Crippen molar-refractivity contribution in [3.63, 3.8) is 0 Å². The maximum absolute atomic E-state index is 6.19. The average molecular weight is 226 g/mol. The monoisotopic (exact) mass is 225 g/mol. The van der Waals surface area contributed by atoms with E-state index in [4.69, 9.17) is 26.8 Å². The summed E-state index contributed by atoms with van der Waals surface area (Å²) in [5, 5.41) is 0.684. The second-order valence-corrected chi connectivity index (χ2v) is 3.65. The summed E-state index contributed by atoms with van der Waals surface area (Å²) in [6, 6.07) is 1.86. The van der Waals surface area contributed by atoms with Gasteiger partial charge in [0.2, 0.25) is 6.79 Å². The summed E-state index contributed by atoms with van der Waals surface area (Å²) in [7, 11) is 0. The van der Waals surface area contributed by atoms with E-state index in [1.165, 1.54) is 0 Å². The van der Waals surface area contributed by atoms with Crippen LogP contribution in [0.2, 0.25) is 5.02 Å². The zero-order valence-corrected chi connectivity index (χ0v) is 9.17. The number of rotatable bonds is 2. The molecular formula is C11H12ClNO2. The minimum absolute atomic E-state index is 0.260. The van der Waals surface area contributed by atoms with Crippen LogP contribution in [-0.4, -0.2) is 13.3 Å². The third-order valence-corrected chi connectivity index (χ3v) is 2.79. The highest BCUT2D eigenvalue weighted by atomic mass is 35.5. The highest BCUT2D eigenvalue weighted by Crippen LogP contribution is 2.41. The van der Waals surface area contributed by atoms with Gasteiger partial charge in [0.25, 0.3) is 0 Å². The number of hydrogen-bond acceptors (Lipinski definition) is 3. The van der Waals surface area contributed by atoms with E-state index >= 15 is 0 Å². The van der Waals surface area contributed by atoms with E-state index in [9.17, 15) is 0 Å². The molecule has 0 aliphatic carbocycles. The first-order chi connectivity index (χ1) is 7.24. The van der Waals surface area contributed by atoms with Crippen LogP contribution in [0, 0.1) is 6.92 Å². The number of ether oxygens (including phenoxy) is 2. The Balaban J connectivity index is 2.49. The lowest BCUT2D eigenvalue weighted by atomic mass is 10.1. The first-order valence-corrected chi connectivity index (χ1v) is 5.07. The Bertz CT molecular complexity index is 416. The van der Waals surface area contributed by atoms with Gasteiger partial charge in [0.15, 0.2) is 11.5 Å². The molecule has 0 atom stereocenters. The third-order valence-electron chi connectivity index (χ3n) is 2.28. The highest BCUT2D eigenvalue weighted by molar-refractivity contribution is 6.33. The van der Waals surface area contributed by atoms with Crippen molar-refractivity contribution in [3.8, 4) is 11.5 Å². The first kappa shape index (κ1) is 10.3. The standard InChI is InChI=1S/C11H12ClNO2/c1-7-10(12)8(3-2-4-13)5-9-11(7)15-6-14-9/h2-3,5H,4,6,13H2,1H3/b3-2+. The van der Waals surface area contributed by atoms with Crippen molar-refractivity contribution < 1.29 is 9.47 Å². The molecule has 4 heteroatoms. The van der Waals surface area contributed by atoms with Gasteiger partial charge in [-0.25, -0.2) is 0 Å².